The summed E-state index contributed by atoms with van der Waals surface area (Å²) >= 11 is 0. The Labute approximate surface area is 187 Å². The molecule has 1 aliphatic rings. The average molecular weight is 427 g/mol. The Kier molecular flexibility index (Phi) is 5.31. The minimum Gasteiger partial charge on any atom is -0.497 e. The molecule has 0 amide bonds. The average Bonchev–Trinajstić information content (AvgIpc) is 3.43. The number of ether oxygens (including phenoxy) is 1. The van der Waals surface area contributed by atoms with Gasteiger partial charge in [-0.15, -0.1) is 0 Å². The summed E-state index contributed by atoms with van der Waals surface area (Å²) in [5.41, 5.74) is 5.08. The molecule has 1 aromatic carbocycles. The molecule has 4 heterocycles. The van der Waals surface area contributed by atoms with Crippen molar-refractivity contribution in [3.8, 4) is 11.4 Å². The van der Waals surface area contributed by atoms with E-state index in [1.54, 1.807) is 7.11 Å². The molecule has 0 N–H and O–H groups in total. The largest absolute Gasteiger partial charge is 0.497 e. The third kappa shape index (κ3) is 3.93. The van der Waals surface area contributed by atoms with Crippen LogP contribution in [0.2, 0.25) is 0 Å². The summed E-state index contributed by atoms with van der Waals surface area (Å²) < 4.78 is 9.33. The normalized spacial score (nSPS) is 15.8. The van der Waals surface area contributed by atoms with E-state index >= 15 is 0 Å². The van der Waals surface area contributed by atoms with Gasteiger partial charge >= 0.3 is 0 Å². The molecule has 1 aliphatic heterocycles. The predicted octanol–water partition coefficient (Wildman–Crippen LogP) is 4.58. The SMILES string of the molecule is COc1ccc([C@@H]2CCCn3nc(/C=C/c4ccc(-n5cnc(C)c5)c(C)n4)nc32)cc1. The van der Waals surface area contributed by atoms with Crippen LogP contribution in [0.1, 0.15) is 53.1 Å². The molecule has 0 aliphatic carbocycles. The third-order valence-electron chi connectivity index (χ3n) is 5.88. The minimum atomic E-state index is 0.252. The van der Waals surface area contributed by atoms with E-state index in [-0.39, 0.29) is 5.92 Å². The lowest BCUT2D eigenvalue weighted by Gasteiger charge is -2.22. The number of nitrogens with zero attached hydrogens (tertiary/aromatic N) is 6. The number of benzene rings is 1. The number of hydrogen-bond acceptors (Lipinski definition) is 5. The first-order valence-corrected chi connectivity index (χ1v) is 10.9. The van der Waals surface area contributed by atoms with Gasteiger partial charge in [0.15, 0.2) is 5.82 Å². The van der Waals surface area contributed by atoms with Crippen molar-refractivity contribution in [1.82, 2.24) is 29.3 Å². The van der Waals surface area contributed by atoms with Crippen LogP contribution in [0.3, 0.4) is 0 Å². The zero-order valence-electron chi connectivity index (χ0n) is 18.6. The van der Waals surface area contributed by atoms with Crippen LogP contribution in [-0.2, 0) is 6.54 Å². The highest BCUT2D eigenvalue weighted by Crippen LogP contribution is 2.33. The number of aryl methyl sites for hydroxylation is 3. The van der Waals surface area contributed by atoms with E-state index < -0.39 is 0 Å². The van der Waals surface area contributed by atoms with Gasteiger partial charge < -0.3 is 9.30 Å². The van der Waals surface area contributed by atoms with Crippen molar-refractivity contribution in [3.05, 3.63) is 83.2 Å². The number of imidazole rings is 1. The van der Waals surface area contributed by atoms with Crippen molar-refractivity contribution in [2.24, 2.45) is 0 Å². The monoisotopic (exact) mass is 426 g/mol. The Bertz CT molecular complexity index is 1270. The number of methoxy groups -OCH3 is 1. The Morgan fingerprint density at radius 2 is 1.88 bits per heavy atom. The first-order chi connectivity index (χ1) is 15.6. The van der Waals surface area contributed by atoms with Crippen molar-refractivity contribution < 1.29 is 4.74 Å². The molecule has 32 heavy (non-hydrogen) atoms. The zero-order valence-corrected chi connectivity index (χ0v) is 18.6. The van der Waals surface area contributed by atoms with E-state index in [9.17, 15) is 0 Å². The van der Waals surface area contributed by atoms with Crippen molar-refractivity contribution in [1.29, 1.82) is 0 Å². The smallest absolute Gasteiger partial charge is 0.174 e. The van der Waals surface area contributed by atoms with Gasteiger partial charge in [0.05, 0.1) is 36.2 Å². The Balaban J connectivity index is 1.37. The first kappa shape index (κ1) is 20.2. The lowest BCUT2D eigenvalue weighted by molar-refractivity contribution is 0.413. The molecule has 4 aromatic rings. The maximum atomic E-state index is 5.29. The van der Waals surface area contributed by atoms with Crippen LogP contribution in [0, 0.1) is 13.8 Å². The third-order valence-corrected chi connectivity index (χ3v) is 5.88. The first-order valence-electron chi connectivity index (χ1n) is 10.9. The van der Waals surface area contributed by atoms with Crippen molar-refractivity contribution in [3.63, 3.8) is 0 Å². The van der Waals surface area contributed by atoms with Gasteiger partial charge in [-0.05, 0) is 68.7 Å². The molecule has 7 heteroatoms. The highest BCUT2D eigenvalue weighted by atomic mass is 16.5. The Hall–Kier alpha value is -3.74. The van der Waals surface area contributed by atoms with E-state index in [0.717, 1.165) is 53.7 Å². The summed E-state index contributed by atoms with van der Waals surface area (Å²) in [6.07, 6.45) is 9.89. The number of aromatic nitrogens is 6. The van der Waals surface area contributed by atoms with E-state index in [1.807, 2.05) is 66.0 Å². The van der Waals surface area contributed by atoms with E-state index in [0.29, 0.717) is 5.82 Å². The van der Waals surface area contributed by atoms with Gasteiger partial charge in [0.2, 0.25) is 0 Å². The highest BCUT2D eigenvalue weighted by molar-refractivity contribution is 5.65. The van der Waals surface area contributed by atoms with Gasteiger partial charge in [0.1, 0.15) is 11.6 Å². The molecule has 0 spiro atoms. The van der Waals surface area contributed by atoms with Gasteiger partial charge in [-0.1, -0.05) is 12.1 Å². The van der Waals surface area contributed by atoms with Gasteiger partial charge in [-0.3, -0.25) is 4.98 Å². The molecule has 7 nitrogen and oxygen atoms in total. The fourth-order valence-corrected chi connectivity index (χ4v) is 4.24. The number of pyridine rings is 1. The molecule has 0 fully saturated rings. The zero-order chi connectivity index (χ0) is 22.1. The second-order valence-corrected chi connectivity index (χ2v) is 8.12. The summed E-state index contributed by atoms with van der Waals surface area (Å²) in [6, 6.07) is 12.3. The molecule has 0 saturated carbocycles. The molecule has 3 aromatic heterocycles. The molecule has 0 saturated heterocycles. The topological polar surface area (TPSA) is 70.7 Å². The van der Waals surface area contributed by atoms with Crippen molar-refractivity contribution in [2.45, 2.75) is 39.2 Å². The molecule has 5 rings (SSSR count). The predicted molar refractivity (Wildman–Crippen MR) is 124 cm³/mol. The van der Waals surface area contributed by atoms with Crippen LogP contribution in [0.5, 0.6) is 5.75 Å². The fourth-order valence-electron chi connectivity index (χ4n) is 4.24. The van der Waals surface area contributed by atoms with Gasteiger partial charge in [-0.25, -0.2) is 14.6 Å². The second-order valence-electron chi connectivity index (χ2n) is 8.12. The van der Waals surface area contributed by atoms with E-state index in [4.69, 9.17) is 19.8 Å². The van der Waals surface area contributed by atoms with Crippen LogP contribution in [0.15, 0.2) is 48.9 Å². The summed E-state index contributed by atoms with van der Waals surface area (Å²) in [4.78, 5) is 13.9. The lowest BCUT2D eigenvalue weighted by atomic mass is 9.91. The van der Waals surface area contributed by atoms with Crippen LogP contribution in [-0.4, -0.2) is 36.4 Å². The van der Waals surface area contributed by atoms with Gasteiger partial charge in [0.25, 0.3) is 0 Å². The summed E-state index contributed by atoms with van der Waals surface area (Å²) in [6.45, 7) is 4.89. The van der Waals surface area contributed by atoms with Crippen LogP contribution in [0.4, 0.5) is 0 Å². The molecular formula is C25H26N6O. The van der Waals surface area contributed by atoms with Crippen molar-refractivity contribution in [2.75, 3.05) is 7.11 Å². The molecule has 0 bridgehead atoms. The maximum absolute atomic E-state index is 5.29. The van der Waals surface area contributed by atoms with Crippen molar-refractivity contribution >= 4 is 12.2 Å². The molecular weight excluding hydrogens is 400 g/mol. The number of hydrogen-bond donors (Lipinski definition) is 0. The Morgan fingerprint density at radius 1 is 1.03 bits per heavy atom. The minimum absolute atomic E-state index is 0.252. The van der Waals surface area contributed by atoms with Crippen LogP contribution < -0.4 is 4.74 Å². The van der Waals surface area contributed by atoms with E-state index in [2.05, 4.69) is 23.2 Å². The Morgan fingerprint density at radius 3 is 2.59 bits per heavy atom. The standard InChI is InChI=1S/C25H26N6O/c1-17-15-30(16-26-17)23-12-8-20(27-18(23)2)9-13-24-28-25-22(5-4-14-31(25)29-24)19-6-10-21(32-3)11-7-19/h6-13,15-16,22H,4-5,14H2,1-3H3/b13-9+/t22-/m0/s1. The number of fused-ring (bicyclic) bond motifs is 1. The maximum Gasteiger partial charge on any atom is 0.174 e. The lowest BCUT2D eigenvalue weighted by Crippen LogP contribution is -2.17. The molecule has 0 unspecified atom stereocenters. The van der Waals surface area contributed by atoms with E-state index in [1.165, 1.54) is 5.56 Å². The van der Waals surface area contributed by atoms with Gasteiger partial charge in [-0.2, -0.15) is 5.10 Å². The summed E-state index contributed by atoms with van der Waals surface area (Å²) in [5.74, 6) is 2.86. The highest BCUT2D eigenvalue weighted by Gasteiger charge is 2.25. The fraction of sp³-hybridized carbons (Fsp3) is 0.280. The van der Waals surface area contributed by atoms with Gasteiger partial charge in [0, 0.05) is 18.7 Å². The van der Waals surface area contributed by atoms with Crippen LogP contribution in [0.25, 0.3) is 17.8 Å². The molecule has 1 atom stereocenters. The second kappa shape index (κ2) is 8.42. The summed E-state index contributed by atoms with van der Waals surface area (Å²) in [5, 5.41) is 4.72. The molecule has 162 valence electrons. The molecule has 0 radical (unpaired) electrons. The number of rotatable bonds is 5. The van der Waals surface area contributed by atoms with Crippen LogP contribution >= 0.6 is 0 Å². The summed E-state index contributed by atoms with van der Waals surface area (Å²) in [7, 11) is 1.69. The quantitative estimate of drug-likeness (QED) is 0.467.